The van der Waals surface area contributed by atoms with Crippen LogP contribution < -0.4 is 5.73 Å². The van der Waals surface area contributed by atoms with Crippen LogP contribution in [0.4, 0.5) is 0 Å². The molecule has 1 aromatic carbocycles. The minimum atomic E-state index is 0.427. The van der Waals surface area contributed by atoms with Crippen molar-refractivity contribution in [2.24, 2.45) is 5.73 Å². The van der Waals surface area contributed by atoms with E-state index in [-0.39, 0.29) is 0 Å². The van der Waals surface area contributed by atoms with Gasteiger partial charge >= 0.3 is 0 Å². The molecular formula is C10H12ClNS. The molecule has 0 bridgehead atoms. The SMILES string of the molecule is NC1CC(Sc2cccc(Cl)c2)C1. The second-order valence-electron chi connectivity index (χ2n) is 3.43. The van der Waals surface area contributed by atoms with E-state index in [2.05, 4.69) is 6.07 Å². The van der Waals surface area contributed by atoms with Gasteiger partial charge in [0, 0.05) is 21.2 Å². The van der Waals surface area contributed by atoms with Gasteiger partial charge in [-0.1, -0.05) is 17.7 Å². The summed E-state index contributed by atoms with van der Waals surface area (Å²) in [7, 11) is 0. The summed E-state index contributed by atoms with van der Waals surface area (Å²) in [6.45, 7) is 0. The summed E-state index contributed by atoms with van der Waals surface area (Å²) >= 11 is 7.76. The van der Waals surface area contributed by atoms with Gasteiger partial charge in [0.05, 0.1) is 0 Å². The van der Waals surface area contributed by atoms with Crippen molar-refractivity contribution in [1.29, 1.82) is 0 Å². The van der Waals surface area contributed by atoms with Gasteiger partial charge in [-0.15, -0.1) is 11.8 Å². The summed E-state index contributed by atoms with van der Waals surface area (Å²) in [4.78, 5) is 1.25. The summed E-state index contributed by atoms with van der Waals surface area (Å²) in [5.41, 5.74) is 5.71. The van der Waals surface area contributed by atoms with E-state index in [0.717, 1.165) is 17.9 Å². The number of benzene rings is 1. The lowest BCUT2D eigenvalue weighted by molar-refractivity contribution is 0.433. The molecule has 1 aliphatic rings. The summed E-state index contributed by atoms with van der Waals surface area (Å²) in [6.07, 6.45) is 2.27. The van der Waals surface area contributed by atoms with E-state index >= 15 is 0 Å². The molecule has 0 heterocycles. The second-order valence-corrected chi connectivity index (χ2v) is 5.24. The molecule has 0 amide bonds. The Hall–Kier alpha value is -0.180. The van der Waals surface area contributed by atoms with E-state index in [1.54, 1.807) is 0 Å². The lowest BCUT2D eigenvalue weighted by atomic mass is 9.94. The van der Waals surface area contributed by atoms with Gasteiger partial charge in [0.15, 0.2) is 0 Å². The van der Waals surface area contributed by atoms with E-state index in [9.17, 15) is 0 Å². The Morgan fingerprint density at radius 1 is 1.38 bits per heavy atom. The molecule has 0 unspecified atom stereocenters. The molecule has 13 heavy (non-hydrogen) atoms. The number of hydrogen-bond donors (Lipinski definition) is 1. The maximum atomic E-state index is 5.88. The summed E-state index contributed by atoms with van der Waals surface area (Å²) in [5, 5.41) is 1.52. The normalized spacial score (nSPS) is 26.9. The van der Waals surface area contributed by atoms with Gasteiger partial charge in [-0.25, -0.2) is 0 Å². The monoisotopic (exact) mass is 213 g/mol. The molecule has 0 radical (unpaired) electrons. The van der Waals surface area contributed by atoms with Gasteiger partial charge in [-0.05, 0) is 31.0 Å². The largest absolute Gasteiger partial charge is 0.328 e. The maximum absolute atomic E-state index is 5.88. The van der Waals surface area contributed by atoms with Crippen LogP contribution >= 0.6 is 23.4 Å². The highest BCUT2D eigenvalue weighted by Gasteiger charge is 2.26. The quantitative estimate of drug-likeness (QED) is 0.818. The van der Waals surface area contributed by atoms with Gasteiger partial charge in [0.1, 0.15) is 0 Å². The predicted molar refractivity (Wildman–Crippen MR) is 58.3 cm³/mol. The van der Waals surface area contributed by atoms with Crippen LogP contribution in [0.25, 0.3) is 0 Å². The van der Waals surface area contributed by atoms with Crippen molar-refractivity contribution < 1.29 is 0 Å². The zero-order valence-electron chi connectivity index (χ0n) is 7.24. The first-order valence-corrected chi connectivity index (χ1v) is 5.67. The Balaban J connectivity index is 1.94. The van der Waals surface area contributed by atoms with Gasteiger partial charge < -0.3 is 5.73 Å². The number of hydrogen-bond acceptors (Lipinski definition) is 2. The molecule has 1 nitrogen and oxygen atoms in total. The topological polar surface area (TPSA) is 26.0 Å². The van der Waals surface area contributed by atoms with E-state index in [1.807, 2.05) is 30.0 Å². The molecule has 0 saturated heterocycles. The van der Waals surface area contributed by atoms with Crippen LogP contribution in [0.1, 0.15) is 12.8 Å². The molecule has 1 fully saturated rings. The molecule has 0 spiro atoms. The highest BCUT2D eigenvalue weighted by Crippen LogP contribution is 2.36. The molecule has 0 atom stereocenters. The summed E-state index contributed by atoms with van der Waals surface area (Å²) in [5.74, 6) is 0. The van der Waals surface area contributed by atoms with Crippen LogP contribution in [-0.4, -0.2) is 11.3 Å². The first kappa shape index (κ1) is 9.38. The van der Waals surface area contributed by atoms with Crippen LogP contribution in [0.2, 0.25) is 5.02 Å². The Morgan fingerprint density at radius 3 is 2.77 bits per heavy atom. The van der Waals surface area contributed by atoms with Crippen LogP contribution in [0.15, 0.2) is 29.2 Å². The molecule has 2 N–H and O–H groups in total. The molecule has 1 aromatic rings. The molecule has 1 saturated carbocycles. The van der Waals surface area contributed by atoms with Crippen LogP contribution in [0, 0.1) is 0 Å². The van der Waals surface area contributed by atoms with Gasteiger partial charge in [0.2, 0.25) is 0 Å². The van der Waals surface area contributed by atoms with Crippen molar-refractivity contribution >= 4 is 23.4 Å². The fourth-order valence-electron chi connectivity index (χ4n) is 1.44. The van der Waals surface area contributed by atoms with Crippen molar-refractivity contribution in [2.75, 3.05) is 0 Å². The highest BCUT2D eigenvalue weighted by atomic mass is 35.5. The molecule has 0 aromatic heterocycles. The lowest BCUT2D eigenvalue weighted by Crippen LogP contribution is -2.38. The van der Waals surface area contributed by atoms with Crippen LogP contribution in [-0.2, 0) is 0 Å². The number of halogens is 1. The standard InChI is InChI=1S/C10H12ClNS/c11-7-2-1-3-9(4-7)13-10-5-8(12)6-10/h1-4,8,10H,5-6,12H2. The minimum absolute atomic E-state index is 0.427. The average molecular weight is 214 g/mol. The molecule has 3 heteroatoms. The van der Waals surface area contributed by atoms with Gasteiger partial charge in [0.25, 0.3) is 0 Å². The maximum Gasteiger partial charge on any atom is 0.0417 e. The Bertz CT molecular complexity index is 297. The van der Waals surface area contributed by atoms with E-state index in [4.69, 9.17) is 17.3 Å². The Labute approximate surface area is 87.7 Å². The molecule has 0 aliphatic heterocycles. The fourth-order valence-corrected chi connectivity index (χ4v) is 3.11. The third-order valence-corrected chi connectivity index (χ3v) is 3.71. The van der Waals surface area contributed by atoms with Crippen molar-refractivity contribution in [3.63, 3.8) is 0 Å². The third kappa shape index (κ3) is 2.39. The molecule has 1 aliphatic carbocycles. The van der Waals surface area contributed by atoms with Crippen molar-refractivity contribution in [1.82, 2.24) is 0 Å². The lowest BCUT2D eigenvalue weighted by Gasteiger charge is -2.31. The Morgan fingerprint density at radius 2 is 2.15 bits per heavy atom. The zero-order valence-corrected chi connectivity index (χ0v) is 8.81. The number of thioether (sulfide) groups is 1. The second kappa shape index (κ2) is 3.91. The Kier molecular flexibility index (Phi) is 2.82. The highest BCUT2D eigenvalue weighted by molar-refractivity contribution is 8.00. The van der Waals surface area contributed by atoms with E-state index in [1.165, 1.54) is 4.90 Å². The van der Waals surface area contributed by atoms with E-state index in [0.29, 0.717) is 11.3 Å². The number of nitrogens with two attached hydrogens (primary N) is 1. The van der Waals surface area contributed by atoms with Crippen molar-refractivity contribution in [3.8, 4) is 0 Å². The van der Waals surface area contributed by atoms with Crippen LogP contribution in [0.3, 0.4) is 0 Å². The van der Waals surface area contributed by atoms with Gasteiger partial charge in [-0.2, -0.15) is 0 Å². The smallest absolute Gasteiger partial charge is 0.0417 e. The van der Waals surface area contributed by atoms with E-state index < -0.39 is 0 Å². The predicted octanol–water partition coefficient (Wildman–Crippen LogP) is 2.92. The molecule has 70 valence electrons. The fraction of sp³-hybridized carbons (Fsp3) is 0.400. The molecule has 2 rings (SSSR count). The van der Waals surface area contributed by atoms with Crippen LogP contribution in [0.5, 0.6) is 0 Å². The number of rotatable bonds is 2. The minimum Gasteiger partial charge on any atom is -0.328 e. The summed E-state index contributed by atoms with van der Waals surface area (Å²) in [6, 6.07) is 8.43. The van der Waals surface area contributed by atoms with Crippen molar-refractivity contribution in [3.05, 3.63) is 29.3 Å². The summed E-state index contributed by atoms with van der Waals surface area (Å²) < 4.78 is 0. The van der Waals surface area contributed by atoms with Crippen molar-refractivity contribution in [2.45, 2.75) is 29.0 Å². The first-order chi connectivity index (χ1) is 6.24. The third-order valence-electron chi connectivity index (χ3n) is 2.23. The zero-order chi connectivity index (χ0) is 9.26. The first-order valence-electron chi connectivity index (χ1n) is 4.42. The van der Waals surface area contributed by atoms with Gasteiger partial charge in [-0.3, -0.25) is 0 Å². The average Bonchev–Trinajstić information content (AvgIpc) is 2.01. The molecular weight excluding hydrogens is 202 g/mol.